The van der Waals surface area contributed by atoms with E-state index in [4.69, 9.17) is 16.3 Å². The molecule has 29 heavy (non-hydrogen) atoms. The van der Waals surface area contributed by atoms with Crippen LogP contribution >= 0.6 is 11.6 Å². The number of halogens is 1. The number of carbonyl (C=O) groups excluding carboxylic acids is 1. The van der Waals surface area contributed by atoms with Crippen molar-refractivity contribution in [1.29, 1.82) is 0 Å². The molecule has 0 saturated carbocycles. The van der Waals surface area contributed by atoms with E-state index in [9.17, 15) is 9.90 Å². The largest absolute Gasteiger partial charge is 0.505 e. The quantitative estimate of drug-likeness (QED) is 0.483. The molecule has 0 bridgehead atoms. The van der Waals surface area contributed by atoms with Crippen molar-refractivity contribution >= 4 is 28.6 Å². The Hall–Kier alpha value is -2.86. The standard InChI is InChI=1S/C22H24ClN3O3/c1-5-6-20(27)29-10-9-14-11-16(22(2,3)4)21(28)19(12-14)26-24-17-8-7-15(23)13-18(17)25-26/h5-8,11-13,28H,9-10H2,1-4H3. The van der Waals surface area contributed by atoms with Gasteiger partial charge in [0.25, 0.3) is 0 Å². The number of ether oxygens (including phenoxy) is 1. The molecule has 0 aliphatic heterocycles. The lowest BCUT2D eigenvalue weighted by molar-refractivity contribution is -0.137. The molecule has 0 fully saturated rings. The Labute approximate surface area is 174 Å². The molecule has 1 heterocycles. The second-order valence-electron chi connectivity index (χ2n) is 7.80. The van der Waals surface area contributed by atoms with Crippen LogP contribution in [0.4, 0.5) is 0 Å². The molecule has 7 heteroatoms. The summed E-state index contributed by atoms with van der Waals surface area (Å²) >= 11 is 6.05. The van der Waals surface area contributed by atoms with Gasteiger partial charge >= 0.3 is 5.97 Å². The van der Waals surface area contributed by atoms with E-state index >= 15 is 0 Å². The fourth-order valence-corrected chi connectivity index (χ4v) is 3.16. The van der Waals surface area contributed by atoms with Gasteiger partial charge in [-0.05, 0) is 42.2 Å². The summed E-state index contributed by atoms with van der Waals surface area (Å²) in [5.41, 5.74) is 3.17. The maximum atomic E-state index is 11.5. The Kier molecular flexibility index (Phi) is 5.94. The first-order chi connectivity index (χ1) is 13.7. The van der Waals surface area contributed by atoms with Gasteiger partial charge in [-0.15, -0.1) is 15.0 Å². The SMILES string of the molecule is CC=CC(=O)OCCc1cc(-n2nc3ccc(Cl)cc3n2)c(O)c(C(C)(C)C)c1. The molecule has 152 valence electrons. The lowest BCUT2D eigenvalue weighted by Crippen LogP contribution is -2.14. The van der Waals surface area contributed by atoms with Gasteiger partial charge in [0.15, 0.2) is 0 Å². The monoisotopic (exact) mass is 413 g/mol. The zero-order chi connectivity index (χ0) is 21.2. The van der Waals surface area contributed by atoms with Crippen LogP contribution in [-0.2, 0) is 21.4 Å². The Morgan fingerprint density at radius 1 is 1.21 bits per heavy atom. The van der Waals surface area contributed by atoms with Crippen molar-refractivity contribution in [3.05, 3.63) is 58.6 Å². The Morgan fingerprint density at radius 2 is 1.93 bits per heavy atom. The van der Waals surface area contributed by atoms with Crippen LogP contribution in [0.5, 0.6) is 5.75 Å². The molecule has 0 spiro atoms. The van der Waals surface area contributed by atoms with Crippen molar-refractivity contribution in [1.82, 2.24) is 15.0 Å². The van der Waals surface area contributed by atoms with Crippen LogP contribution in [0.1, 0.15) is 38.8 Å². The van der Waals surface area contributed by atoms with Crippen LogP contribution in [0, 0.1) is 0 Å². The molecule has 0 unspecified atom stereocenters. The van der Waals surface area contributed by atoms with E-state index in [1.54, 1.807) is 31.2 Å². The van der Waals surface area contributed by atoms with E-state index in [2.05, 4.69) is 10.2 Å². The Morgan fingerprint density at radius 3 is 2.62 bits per heavy atom. The first-order valence-electron chi connectivity index (χ1n) is 9.38. The van der Waals surface area contributed by atoms with Crippen molar-refractivity contribution in [3.8, 4) is 11.4 Å². The van der Waals surface area contributed by atoms with Crippen molar-refractivity contribution < 1.29 is 14.6 Å². The van der Waals surface area contributed by atoms with E-state index in [1.807, 2.05) is 32.9 Å². The van der Waals surface area contributed by atoms with Crippen molar-refractivity contribution in [2.45, 2.75) is 39.5 Å². The Balaban J connectivity index is 2.01. The minimum Gasteiger partial charge on any atom is -0.505 e. The molecule has 0 amide bonds. The molecule has 1 N–H and O–H groups in total. The molecule has 6 nitrogen and oxygen atoms in total. The van der Waals surface area contributed by atoms with Crippen LogP contribution in [-0.4, -0.2) is 32.7 Å². The average molecular weight is 414 g/mol. The minimum atomic E-state index is -0.376. The third-order valence-electron chi connectivity index (χ3n) is 4.45. The molecular formula is C22H24ClN3O3. The van der Waals surface area contributed by atoms with Gasteiger partial charge < -0.3 is 9.84 Å². The third-order valence-corrected chi connectivity index (χ3v) is 4.69. The molecule has 0 radical (unpaired) electrons. The number of carbonyl (C=O) groups is 1. The van der Waals surface area contributed by atoms with Crippen LogP contribution in [0.25, 0.3) is 16.7 Å². The molecule has 0 aliphatic carbocycles. The van der Waals surface area contributed by atoms with Gasteiger partial charge in [-0.3, -0.25) is 0 Å². The van der Waals surface area contributed by atoms with E-state index < -0.39 is 0 Å². The molecule has 1 aromatic heterocycles. The number of aromatic hydroxyl groups is 1. The summed E-state index contributed by atoms with van der Waals surface area (Å²) in [6.45, 7) is 8.07. The number of nitrogens with zero attached hydrogens (tertiary/aromatic N) is 3. The van der Waals surface area contributed by atoms with Gasteiger partial charge in [0.1, 0.15) is 22.5 Å². The highest BCUT2D eigenvalue weighted by molar-refractivity contribution is 6.31. The van der Waals surface area contributed by atoms with Gasteiger partial charge in [-0.2, -0.15) is 0 Å². The normalized spacial score (nSPS) is 12.0. The third kappa shape index (κ3) is 4.77. The smallest absolute Gasteiger partial charge is 0.330 e. The number of esters is 1. The fourth-order valence-electron chi connectivity index (χ4n) is 2.99. The number of phenolic OH excluding ortho intramolecular Hbond substituents is 1. The fraction of sp³-hybridized carbons (Fsp3) is 0.318. The highest BCUT2D eigenvalue weighted by atomic mass is 35.5. The van der Waals surface area contributed by atoms with E-state index in [0.717, 1.165) is 11.1 Å². The second kappa shape index (κ2) is 8.25. The molecule has 3 aromatic rings. The van der Waals surface area contributed by atoms with Gasteiger partial charge in [-0.1, -0.05) is 44.5 Å². The van der Waals surface area contributed by atoms with E-state index in [0.29, 0.717) is 28.2 Å². The highest BCUT2D eigenvalue weighted by Crippen LogP contribution is 2.36. The summed E-state index contributed by atoms with van der Waals surface area (Å²) in [5.74, 6) is -0.252. The summed E-state index contributed by atoms with van der Waals surface area (Å²) in [7, 11) is 0. The van der Waals surface area contributed by atoms with Crippen LogP contribution < -0.4 is 0 Å². The second-order valence-corrected chi connectivity index (χ2v) is 8.24. The van der Waals surface area contributed by atoms with Gasteiger partial charge in [0, 0.05) is 23.1 Å². The number of benzene rings is 2. The lowest BCUT2D eigenvalue weighted by Gasteiger charge is -2.23. The number of rotatable bonds is 5. The van der Waals surface area contributed by atoms with Crippen LogP contribution in [0.3, 0.4) is 0 Å². The first-order valence-corrected chi connectivity index (χ1v) is 9.75. The zero-order valence-electron chi connectivity index (χ0n) is 16.9. The summed E-state index contributed by atoms with van der Waals surface area (Å²) in [6.07, 6.45) is 3.53. The van der Waals surface area contributed by atoms with Crippen LogP contribution in [0.15, 0.2) is 42.5 Å². The van der Waals surface area contributed by atoms with Crippen LogP contribution in [0.2, 0.25) is 5.02 Å². The predicted octanol–water partition coefficient (Wildman–Crippen LogP) is 4.74. The predicted molar refractivity (Wildman–Crippen MR) is 114 cm³/mol. The number of fused-ring (bicyclic) bond motifs is 1. The summed E-state index contributed by atoms with van der Waals surface area (Å²) in [5, 5.41) is 20.5. The summed E-state index contributed by atoms with van der Waals surface area (Å²) in [4.78, 5) is 13.0. The topological polar surface area (TPSA) is 77.2 Å². The highest BCUT2D eigenvalue weighted by Gasteiger charge is 2.23. The number of allylic oxidation sites excluding steroid dienone is 1. The van der Waals surface area contributed by atoms with E-state index in [1.165, 1.54) is 10.9 Å². The summed E-state index contributed by atoms with van der Waals surface area (Å²) in [6, 6.07) is 9.01. The van der Waals surface area contributed by atoms with Gasteiger partial charge in [-0.25, -0.2) is 4.79 Å². The number of phenols is 1. The molecule has 3 rings (SSSR count). The molecule has 2 aromatic carbocycles. The van der Waals surface area contributed by atoms with Gasteiger partial charge in [0.05, 0.1) is 6.61 Å². The number of hydrogen-bond acceptors (Lipinski definition) is 5. The van der Waals surface area contributed by atoms with Crippen molar-refractivity contribution in [2.75, 3.05) is 6.61 Å². The van der Waals surface area contributed by atoms with Crippen molar-refractivity contribution in [3.63, 3.8) is 0 Å². The summed E-state index contributed by atoms with van der Waals surface area (Å²) < 4.78 is 5.21. The maximum Gasteiger partial charge on any atom is 0.330 e. The molecule has 0 atom stereocenters. The molecule has 0 saturated heterocycles. The van der Waals surface area contributed by atoms with Crippen molar-refractivity contribution in [2.24, 2.45) is 0 Å². The minimum absolute atomic E-state index is 0.124. The number of aromatic nitrogens is 3. The molecular weight excluding hydrogens is 390 g/mol. The maximum absolute atomic E-state index is 11.5. The first kappa shape index (κ1) is 20.9. The van der Waals surface area contributed by atoms with E-state index in [-0.39, 0.29) is 23.7 Å². The zero-order valence-corrected chi connectivity index (χ0v) is 17.7. The lowest BCUT2D eigenvalue weighted by atomic mass is 9.84. The van der Waals surface area contributed by atoms with Gasteiger partial charge in [0.2, 0.25) is 0 Å². The Bertz CT molecular complexity index is 1080. The number of hydrogen-bond donors (Lipinski definition) is 1. The average Bonchev–Trinajstić information content (AvgIpc) is 3.05. The molecule has 0 aliphatic rings.